The van der Waals surface area contributed by atoms with Crippen molar-refractivity contribution in [2.24, 2.45) is 0 Å². The molecule has 0 aromatic heterocycles. The standard InChI is InChI=1S/C11H12F3NO4S/c1-2-19-10(16)15-20(17,18)7-8-3-5-9(6-4-8)11(12,13)14/h3-6H,2,7H2,1H3,(H,15,16). The van der Waals surface area contributed by atoms with Gasteiger partial charge >= 0.3 is 12.3 Å². The number of halogens is 3. The first-order chi connectivity index (χ1) is 9.14. The maximum absolute atomic E-state index is 12.3. The number of amides is 1. The first-order valence-corrected chi connectivity index (χ1v) is 7.12. The van der Waals surface area contributed by atoms with Crippen LogP contribution in [0.5, 0.6) is 0 Å². The molecule has 1 aromatic carbocycles. The molecule has 20 heavy (non-hydrogen) atoms. The van der Waals surface area contributed by atoms with Crippen LogP contribution in [0.4, 0.5) is 18.0 Å². The van der Waals surface area contributed by atoms with Crippen molar-refractivity contribution >= 4 is 16.1 Å². The average Bonchev–Trinajstić information content (AvgIpc) is 2.27. The van der Waals surface area contributed by atoms with Gasteiger partial charge in [0, 0.05) is 0 Å². The highest BCUT2D eigenvalue weighted by Crippen LogP contribution is 2.29. The fourth-order valence-corrected chi connectivity index (χ4v) is 2.35. The van der Waals surface area contributed by atoms with E-state index in [1.165, 1.54) is 6.92 Å². The number of carbonyl (C=O) groups is 1. The number of ether oxygens (including phenoxy) is 1. The van der Waals surface area contributed by atoms with Crippen molar-refractivity contribution in [2.75, 3.05) is 6.61 Å². The van der Waals surface area contributed by atoms with Gasteiger partial charge < -0.3 is 4.74 Å². The van der Waals surface area contributed by atoms with Crippen molar-refractivity contribution in [2.45, 2.75) is 18.9 Å². The Bertz CT molecular complexity index is 566. The van der Waals surface area contributed by atoms with Gasteiger partial charge in [-0.2, -0.15) is 13.2 Å². The summed E-state index contributed by atoms with van der Waals surface area (Å²) in [5, 5.41) is 0. The predicted molar refractivity (Wildman–Crippen MR) is 64.2 cm³/mol. The maximum Gasteiger partial charge on any atom is 0.420 e. The Labute approximate surface area is 113 Å². The van der Waals surface area contributed by atoms with E-state index in [1.807, 2.05) is 0 Å². The average molecular weight is 311 g/mol. The summed E-state index contributed by atoms with van der Waals surface area (Å²) in [6.45, 7) is 1.50. The molecule has 9 heteroatoms. The van der Waals surface area contributed by atoms with Crippen molar-refractivity contribution in [3.8, 4) is 0 Å². The Morgan fingerprint density at radius 1 is 1.25 bits per heavy atom. The zero-order valence-electron chi connectivity index (χ0n) is 10.4. The van der Waals surface area contributed by atoms with E-state index in [0.717, 1.165) is 24.3 Å². The van der Waals surface area contributed by atoms with Crippen LogP contribution in [0, 0.1) is 0 Å². The molecule has 0 heterocycles. The van der Waals surface area contributed by atoms with Crippen molar-refractivity contribution in [1.29, 1.82) is 0 Å². The molecule has 0 aliphatic rings. The molecule has 0 saturated heterocycles. The number of benzene rings is 1. The molecule has 0 aliphatic carbocycles. The van der Waals surface area contributed by atoms with Crippen LogP contribution in [-0.4, -0.2) is 21.1 Å². The van der Waals surface area contributed by atoms with E-state index in [4.69, 9.17) is 0 Å². The van der Waals surface area contributed by atoms with Gasteiger partial charge in [-0.1, -0.05) is 12.1 Å². The van der Waals surface area contributed by atoms with Gasteiger partial charge in [-0.3, -0.25) is 0 Å². The molecule has 1 amide bonds. The summed E-state index contributed by atoms with van der Waals surface area (Å²) in [6.07, 6.45) is -5.61. The summed E-state index contributed by atoms with van der Waals surface area (Å²) < 4.78 is 66.1. The summed E-state index contributed by atoms with van der Waals surface area (Å²) in [6, 6.07) is 3.62. The minimum absolute atomic E-state index is 0.00162. The third-order valence-electron chi connectivity index (χ3n) is 2.15. The van der Waals surface area contributed by atoms with Crippen molar-refractivity contribution in [3.63, 3.8) is 0 Å². The lowest BCUT2D eigenvalue weighted by Crippen LogP contribution is -2.32. The van der Waals surface area contributed by atoms with Gasteiger partial charge in [0.25, 0.3) is 0 Å². The first kappa shape index (κ1) is 16.3. The van der Waals surface area contributed by atoms with Crippen molar-refractivity contribution < 1.29 is 31.1 Å². The second-order valence-electron chi connectivity index (χ2n) is 3.78. The third-order valence-corrected chi connectivity index (χ3v) is 3.34. The number of carbonyl (C=O) groups excluding carboxylic acids is 1. The van der Waals surface area contributed by atoms with E-state index in [1.54, 1.807) is 4.72 Å². The van der Waals surface area contributed by atoms with Gasteiger partial charge in [-0.25, -0.2) is 17.9 Å². The van der Waals surface area contributed by atoms with E-state index in [9.17, 15) is 26.4 Å². The second kappa shape index (κ2) is 6.12. The lowest BCUT2D eigenvalue weighted by atomic mass is 10.1. The normalized spacial score (nSPS) is 12.0. The molecule has 0 atom stereocenters. The van der Waals surface area contributed by atoms with Crippen LogP contribution < -0.4 is 4.72 Å². The lowest BCUT2D eigenvalue weighted by Gasteiger charge is -2.09. The number of sulfonamides is 1. The van der Waals surface area contributed by atoms with Gasteiger partial charge in [0.2, 0.25) is 10.0 Å². The van der Waals surface area contributed by atoms with Gasteiger partial charge in [-0.15, -0.1) is 0 Å². The van der Waals surface area contributed by atoms with Crippen molar-refractivity contribution in [3.05, 3.63) is 35.4 Å². The van der Waals surface area contributed by atoms with Crippen LogP contribution in [-0.2, 0) is 26.7 Å². The maximum atomic E-state index is 12.3. The summed E-state index contributed by atoms with van der Waals surface area (Å²) in [5.41, 5.74) is -0.758. The molecule has 5 nitrogen and oxygen atoms in total. The fourth-order valence-electron chi connectivity index (χ4n) is 1.33. The zero-order chi connectivity index (χ0) is 15.4. The smallest absolute Gasteiger partial charge is 0.420 e. The number of rotatable bonds is 4. The molecule has 112 valence electrons. The molecule has 0 unspecified atom stereocenters. The Morgan fingerprint density at radius 3 is 2.25 bits per heavy atom. The highest BCUT2D eigenvalue weighted by molar-refractivity contribution is 7.89. The van der Waals surface area contributed by atoms with Gasteiger partial charge in [0.05, 0.1) is 17.9 Å². The second-order valence-corrected chi connectivity index (χ2v) is 5.50. The van der Waals surface area contributed by atoms with Crippen LogP contribution in [0.1, 0.15) is 18.1 Å². The Hall–Kier alpha value is -1.77. The van der Waals surface area contributed by atoms with Gasteiger partial charge in [0.15, 0.2) is 0 Å². The molecule has 0 saturated carbocycles. The summed E-state index contributed by atoms with van der Waals surface area (Å²) >= 11 is 0. The van der Waals surface area contributed by atoms with Crippen LogP contribution in [0.2, 0.25) is 0 Å². The number of nitrogens with one attached hydrogen (secondary N) is 1. The SMILES string of the molecule is CCOC(=O)NS(=O)(=O)Cc1ccc(C(F)(F)F)cc1. The predicted octanol–water partition coefficient (Wildman–Crippen LogP) is 2.28. The molecule has 0 bridgehead atoms. The summed E-state index contributed by atoms with van der Waals surface area (Å²) in [5.74, 6) is -0.621. The van der Waals surface area contributed by atoms with Crippen LogP contribution >= 0.6 is 0 Å². The number of alkyl halides is 3. The third kappa shape index (κ3) is 5.08. The molecule has 1 N–H and O–H groups in total. The summed E-state index contributed by atoms with van der Waals surface area (Å²) in [4.78, 5) is 11.0. The highest BCUT2D eigenvalue weighted by atomic mass is 32.2. The Kier molecular flexibility index (Phi) is 4.98. The van der Waals surface area contributed by atoms with E-state index in [2.05, 4.69) is 4.74 Å². The molecule has 0 radical (unpaired) electrons. The minimum Gasteiger partial charge on any atom is -0.449 e. The van der Waals surface area contributed by atoms with E-state index in [-0.39, 0.29) is 12.2 Å². The van der Waals surface area contributed by atoms with Crippen LogP contribution in [0.15, 0.2) is 24.3 Å². The van der Waals surface area contributed by atoms with Gasteiger partial charge in [-0.05, 0) is 24.6 Å². The minimum atomic E-state index is -4.49. The van der Waals surface area contributed by atoms with E-state index in [0.29, 0.717) is 0 Å². The first-order valence-electron chi connectivity index (χ1n) is 5.47. The summed E-state index contributed by atoms with van der Waals surface area (Å²) in [7, 11) is -4.01. The zero-order valence-corrected chi connectivity index (χ0v) is 11.2. The number of hydrogen-bond acceptors (Lipinski definition) is 4. The molecular formula is C11H12F3NO4S. The van der Waals surface area contributed by atoms with E-state index < -0.39 is 33.6 Å². The molecule has 1 aromatic rings. The lowest BCUT2D eigenvalue weighted by molar-refractivity contribution is -0.137. The molecule has 0 spiro atoms. The topological polar surface area (TPSA) is 72.5 Å². The Morgan fingerprint density at radius 2 is 1.80 bits per heavy atom. The molecule has 1 rings (SSSR count). The van der Waals surface area contributed by atoms with Crippen LogP contribution in [0.3, 0.4) is 0 Å². The molecular weight excluding hydrogens is 299 g/mol. The Balaban J connectivity index is 2.76. The van der Waals surface area contributed by atoms with Crippen molar-refractivity contribution in [1.82, 2.24) is 4.72 Å². The highest BCUT2D eigenvalue weighted by Gasteiger charge is 2.30. The molecule has 0 fully saturated rings. The van der Waals surface area contributed by atoms with Crippen LogP contribution in [0.25, 0.3) is 0 Å². The molecule has 0 aliphatic heterocycles. The largest absolute Gasteiger partial charge is 0.449 e. The van der Waals surface area contributed by atoms with E-state index >= 15 is 0 Å². The van der Waals surface area contributed by atoms with Gasteiger partial charge in [0.1, 0.15) is 0 Å². The monoisotopic (exact) mass is 311 g/mol. The fraction of sp³-hybridized carbons (Fsp3) is 0.364. The quantitative estimate of drug-likeness (QED) is 0.926. The number of hydrogen-bond donors (Lipinski definition) is 1.